The molecule has 0 atom stereocenters. The molecule has 0 spiro atoms. The number of nitrogens with zero attached hydrogens (tertiary/aromatic N) is 2. The van der Waals surface area contributed by atoms with Gasteiger partial charge in [0.2, 0.25) is 0 Å². The van der Waals surface area contributed by atoms with Crippen molar-refractivity contribution in [1.82, 2.24) is 4.98 Å². The first-order valence-electron chi connectivity index (χ1n) is 8.14. The number of methoxy groups -OCH3 is 2. The Labute approximate surface area is 164 Å². The highest BCUT2D eigenvalue weighted by Crippen LogP contribution is 2.36. The molecule has 1 N–H and O–H groups in total. The third-order valence-corrected chi connectivity index (χ3v) is 3.94. The molecular weight excluding hydrogens is 366 g/mol. The lowest BCUT2D eigenvalue weighted by molar-refractivity contribution is 0.340. The topological polar surface area (TPSA) is 76.4 Å². The van der Waals surface area contributed by atoms with E-state index in [0.29, 0.717) is 29.4 Å². The molecule has 1 heterocycles. The number of hydrogen-bond acceptors (Lipinski definition) is 6. The van der Waals surface area contributed by atoms with E-state index in [1.165, 1.54) is 0 Å². The van der Waals surface area contributed by atoms with E-state index >= 15 is 0 Å². The molecule has 0 fully saturated rings. The quantitative estimate of drug-likeness (QED) is 0.663. The maximum absolute atomic E-state index is 9.52. The summed E-state index contributed by atoms with van der Waals surface area (Å²) in [5, 5.41) is 13.6. The van der Waals surface area contributed by atoms with E-state index in [4.69, 9.17) is 14.2 Å². The van der Waals surface area contributed by atoms with Crippen LogP contribution in [0.1, 0.15) is 12.5 Å². The zero-order chi connectivity index (χ0) is 18.5. The van der Waals surface area contributed by atoms with E-state index in [1.807, 2.05) is 37.3 Å². The van der Waals surface area contributed by atoms with Gasteiger partial charge in [0.1, 0.15) is 23.3 Å². The first kappa shape index (κ1) is 20.1. The molecule has 0 saturated carbocycles. The number of rotatable bonds is 6. The second-order valence-corrected chi connectivity index (χ2v) is 5.46. The predicted molar refractivity (Wildman–Crippen MR) is 108 cm³/mol. The van der Waals surface area contributed by atoms with Gasteiger partial charge in [-0.2, -0.15) is 5.26 Å². The van der Waals surface area contributed by atoms with E-state index in [2.05, 4.69) is 16.4 Å². The van der Waals surface area contributed by atoms with Gasteiger partial charge in [0.25, 0.3) is 0 Å². The highest BCUT2D eigenvalue weighted by atomic mass is 35.5. The second-order valence-electron chi connectivity index (χ2n) is 5.46. The van der Waals surface area contributed by atoms with Gasteiger partial charge in [0.15, 0.2) is 0 Å². The highest BCUT2D eigenvalue weighted by molar-refractivity contribution is 5.97. The Hall–Kier alpha value is -3.17. The molecule has 27 heavy (non-hydrogen) atoms. The zero-order valence-electron chi connectivity index (χ0n) is 15.3. The molecule has 0 aliphatic heterocycles. The largest absolute Gasteiger partial charge is 0.497 e. The number of nitrogens with one attached hydrogen (secondary N) is 1. The number of anilines is 2. The van der Waals surface area contributed by atoms with Gasteiger partial charge in [-0.25, -0.2) is 0 Å². The fraction of sp³-hybridized carbons (Fsp3) is 0.200. The molecule has 0 radical (unpaired) electrons. The van der Waals surface area contributed by atoms with Crippen LogP contribution in [0.2, 0.25) is 0 Å². The molecule has 0 amide bonds. The predicted octanol–water partition coefficient (Wildman–Crippen LogP) is 4.69. The smallest absolute Gasteiger partial charge is 0.145 e. The van der Waals surface area contributed by atoms with Crippen molar-refractivity contribution in [3.8, 4) is 23.3 Å². The van der Waals surface area contributed by atoms with Gasteiger partial charge in [-0.1, -0.05) is 0 Å². The molecule has 0 saturated heterocycles. The van der Waals surface area contributed by atoms with E-state index in [-0.39, 0.29) is 12.4 Å². The third kappa shape index (κ3) is 4.15. The fourth-order valence-electron chi connectivity index (χ4n) is 2.68. The lowest BCUT2D eigenvalue weighted by atomic mass is 10.1. The van der Waals surface area contributed by atoms with Crippen molar-refractivity contribution in [3.05, 3.63) is 48.2 Å². The summed E-state index contributed by atoms with van der Waals surface area (Å²) in [6.07, 6.45) is 1.56. The lowest BCUT2D eigenvalue weighted by Gasteiger charge is -2.15. The van der Waals surface area contributed by atoms with Gasteiger partial charge in [-0.15, -0.1) is 12.4 Å². The first-order chi connectivity index (χ1) is 12.7. The van der Waals surface area contributed by atoms with Gasteiger partial charge in [-0.3, -0.25) is 4.98 Å². The Morgan fingerprint density at radius 1 is 1.07 bits per heavy atom. The summed E-state index contributed by atoms with van der Waals surface area (Å²) in [5.41, 5.74) is 2.58. The van der Waals surface area contributed by atoms with Crippen molar-refractivity contribution in [3.63, 3.8) is 0 Å². The number of halogens is 1. The van der Waals surface area contributed by atoms with Crippen molar-refractivity contribution in [1.29, 1.82) is 5.26 Å². The molecule has 7 heteroatoms. The normalized spacial score (nSPS) is 9.85. The molecule has 2 aromatic carbocycles. The zero-order valence-corrected chi connectivity index (χ0v) is 16.1. The monoisotopic (exact) mass is 385 g/mol. The second kappa shape index (κ2) is 8.97. The first-order valence-corrected chi connectivity index (χ1v) is 8.14. The number of benzene rings is 2. The van der Waals surface area contributed by atoms with Gasteiger partial charge in [0.05, 0.1) is 43.3 Å². The molecule has 0 bridgehead atoms. The number of nitriles is 1. The SMILES string of the molecule is CCOc1ccc2ncc(C#N)c(Nc3ccc(OC)cc3OC)c2c1.Cl. The Balaban J connectivity index is 0.00000261. The highest BCUT2D eigenvalue weighted by Gasteiger charge is 2.13. The molecule has 3 rings (SSSR count). The minimum absolute atomic E-state index is 0. The Bertz CT molecular complexity index is 986. The van der Waals surface area contributed by atoms with Gasteiger partial charge < -0.3 is 19.5 Å². The summed E-state index contributed by atoms with van der Waals surface area (Å²) in [6, 6.07) is 13.3. The number of ether oxygens (including phenoxy) is 3. The summed E-state index contributed by atoms with van der Waals surface area (Å²) >= 11 is 0. The van der Waals surface area contributed by atoms with Gasteiger partial charge in [-0.05, 0) is 37.3 Å². The van der Waals surface area contributed by atoms with Crippen LogP contribution in [-0.2, 0) is 0 Å². The summed E-state index contributed by atoms with van der Waals surface area (Å²) in [5.74, 6) is 2.02. The van der Waals surface area contributed by atoms with Crippen LogP contribution < -0.4 is 19.5 Å². The van der Waals surface area contributed by atoms with Gasteiger partial charge >= 0.3 is 0 Å². The summed E-state index contributed by atoms with van der Waals surface area (Å²) in [6.45, 7) is 2.49. The average Bonchev–Trinajstić information content (AvgIpc) is 2.68. The summed E-state index contributed by atoms with van der Waals surface area (Å²) in [4.78, 5) is 4.36. The van der Waals surface area contributed by atoms with Crippen LogP contribution in [0.25, 0.3) is 10.9 Å². The molecule has 0 aliphatic rings. The van der Waals surface area contributed by atoms with E-state index in [1.54, 1.807) is 26.5 Å². The van der Waals surface area contributed by atoms with Crippen LogP contribution >= 0.6 is 12.4 Å². The Morgan fingerprint density at radius 3 is 2.52 bits per heavy atom. The van der Waals surface area contributed by atoms with E-state index in [0.717, 1.165) is 22.3 Å². The molecule has 1 aromatic heterocycles. The van der Waals surface area contributed by atoms with Crippen LogP contribution in [-0.4, -0.2) is 25.8 Å². The van der Waals surface area contributed by atoms with Crippen molar-refractivity contribution < 1.29 is 14.2 Å². The standard InChI is InChI=1S/C20H19N3O3.ClH/c1-4-26-15-6-7-17-16(9-15)20(13(11-21)12-22-17)23-18-8-5-14(24-2)10-19(18)25-3;/h5-10,12H,4H2,1-3H3,(H,22,23);1H. The van der Waals surface area contributed by atoms with Crippen LogP contribution in [0.4, 0.5) is 11.4 Å². The van der Waals surface area contributed by atoms with Crippen LogP contribution in [0.15, 0.2) is 42.6 Å². The molecule has 6 nitrogen and oxygen atoms in total. The minimum atomic E-state index is 0. The van der Waals surface area contributed by atoms with Crippen molar-refractivity contribution >= 4 is 34.7 Å². The molecule has 3 aromatic rings. The van der Waals surface area contributed by atoms with E-state index < -0.39 is 0 Å². The summed E-state index contributed by atoms with van der Waals surface area (Å²) in [7, 11) is 3.18. The number of hydrogen-bond donors (Lipinski definition) is 1. The van der Waals surface area contributed by atoms with Crippen LogP contribution in [0.3, 0.4) is 0 Å². The average molecular weight is 386 g/mol. The molecule has 140 valence electrons. The minimum Gasteiger partial charge on any atom is -0.497 e. The van der Waals surface area contributed by atoms with Gasteiger partial charge in [0, 0.05) is 17.6 Å². The number of fused-ring (bicyclic) bond motifs is 1. The van der Waals surface area contributed by atoms with Crippen molar-refractivity contribution in [2.75, 3.05) is 26.1 Å². The van der Waals surface area contributed by atoms with Crippen LogP contribution in [0, 0.1) is 11.3 Å². The maximum atomic E-state index is 9.52. The number of aromatic nitrogens is 1. The molecule has 0 unspecified atom stereocenters. The maximum Gasteiger partial charge on any atom is 0.145 e. The summed E-state index contributed by atoms with van der Waals surface area (Å²) < 4.78 is 16.3. The van der Waals surface area contributed by atoms with Crippen molar-refractivity contribution in [2.45, 2.75) is 6.92 Å². The van der Waals surface area contributed by atoms with E-state index in [9.17, 15) is 5.26 Å². The third-order valence-electron chi connectivity index (χ3n) is 3.94. The Morgan fingerprint density at radius 2 is 1.85 bits per heavy atom. The number of pyridine rings is 1. The van der Waals surface area contributed by atoms with Crippen LogP contribution in [0.5, 0.6) is 17.2 Å². The Kier molecular flexibility index (Phi) is 6.69. The molecular formula is C20H20ClN3O3. The molecule has 0 aliphatic carbocycles. The van der Waals surface area contributed by atoms with Crippen molar-refractivity contribution in [2.24, 2.45) is 0 Å². The fourth-order valence-corrected chi connectivity index (χ4v) is 2.68. The lowest BCUT2D eigenvalue weighted by Crippen LogP contribution is -2.00.